The van der Waals surface area contributed by atoms with Gasteiger partial charge in [-0.3, -0.25) is 0 Å². The maximum absolute atomic E-state index is 2.39. The minimum absolute atomic E-state index is 1.10. The van der Waals surface area contributed by atoms with Gasteiger partial charge < -0.3 is 4.90 Å². The average molecular weight is 700 g/mol. The molecule has 10 rings (SSSR count). The molecule has 0 spiro atoms. The lowest BCUT2D eigenvalue weighted by Crippen LogP contribution is -2.10. The van der Waals surface area contributed by atoms with Crippen LogP contribution in [0.5, 0.6) is 0 Å². The van der Waals surface area contributed by atoms with Gasteiger partial charge in [-0.15, -0.1) is 0 Å². The Morgan fingerprint density at radius 2 is 0.709 bits per heavy atom. The molecule has 0 aliphatic carbocycles. The predicted octanol–water partition coefficient (Wildman–Crippen LogP) is 15.3. The van der Waals surface area contributed by atoms with Crippen molar-refractivity contribution in [1.29, 1.82) is 0 Å². The van der Waals surface area contributed by atoms with E-state index in [0.29, 0.717) is 0 Å². The molecule has 1 heteroatoms. The molecule has 0 bridgehead atoms. The van der Waals surface area contributed by atoms with Crippen molar-refractivity contribution in [2.45, 2.75) is 0 Å². The van der Waals surface area contributed by atoms with Crippen LogP contribution in [-0.2, 0) is 0 Å². The van der Waals surface area contributed by atoms with Crippen LogP contribution in [0.3, 0.4) is 0 Å². The van der Waals surface area contributed by atoms with Gasteiger partial charge >= 0.3 is 0 Å². The molecule has 55 heavy (non-hydrogen) atoms. The first-order valence-electron chi connectivity index (χ1n) is 18.9. The Morgan fingerprint density at radius 3 is 1.44 bits per heavy atom. The normalized spacial score (nSPS) is 11.3. The van der Waals surface area contributed by atoms with Crippen molar-refractivity contribution < 1.29 is 0 Å². The Balaban J connectivity index is 1.12. The first kappa shape index (κ1) is 32.4. The third-order valence-electron chi connectivity index (χ3n) is 10.8. The first-order chi connectivity index (χ1) is 27.3. The van der Waals surface area contributed by atoms with Crippen LogP contribution >= 0.6 is 0 Å². The number of hydrogen-bond donors (Lipinski definition) is 0. The number of hydrogen-bond acceptors (Lipinski definition) is 1. The largest absolute Gasteiger partial charge is 0.310 e. The van der Waals surface area contributed by atoms with Crippen molar-refractivity contribution in [3.8, 4) is 44.5 Å². The number of nitrogens with zero attached hydrogens (tertiary/aromatic N) is 1. The van der Waals surface area contributed by atoms with Crippen LogP contribution in [-0.4, -0.2) is 0 Å². The smallest absolute Gasteiger partial charge is 0.0467 e. The van der Waals surface area contributed by atoms with Gasteiger partial charge in [0, 0.05) is 17.1 Å². The summed E-state index contributed by atoms with van der Waals surface area (Å²) in [6, 6.07) is 81.5. The summed E-state index contributed by atoms with van der Waals surface area (Å²) in [6.07, 6.45) is 0. The van der Waals surface area contributed by atoms with E-state index in [0.717, 1.165) is 17.1 Å². The molecule has 0 saturated heterocycles. The van der Waals surface area contributed by atoms with Crippen LogP contribution in [0.1, 0.15) is 0 Å². The standard InChI is InChI=1S/C54H37N/c1-2-14-38(15-3-1)41-19-10-20-42(34-41)39-30-32-46(33-31-39)55(47-23-11-21-43(35-47)50-29-13-18-40-16-4-6-25-49(40)50)48-24-12-22-44(36-48)54-37-45-17-5-7-26-51(45)52-27-8-9-28-53(52)54/h1-37H. The minimum atomic E-state index is 1.10. The van der Waals surface area contributed by atoms with Gasteiger partial charge in [-0.2, -0.15) is 0 Å². The molecule has 0 fully saturated rings. The van der Waals surface area contributed by atoms with Crippen LogP contribution < -0.4 is 4.90 Å². The summed E-state index contributed by atoms with van der Waals surface area (Å²) in [5.41, 5.74) is 12.9. The van der Waals surface area contributed by atoms with Gasteiger partial charge in [-0.1, -0.05) is 176 Å². The van der Waals surface area contributed by atoms with Gasteiger partial charge in [0.05, 0.1) is 0 Å². The monoisotopic (exact) mass is 699 g/mol. The molecular formula is C54H37N. The zero-order chi connectivity index (χ0) is 36.6. The molecule has 10 aromatic carbocycles. The molecule has 0 amide bonds. The van der Waals surface area contributed by atoms with Crippen molar-refractivity contribution in [3.05, 3.63) is 224 Å². The zero-order valence-corrected chi connectivity index (χ0v) is 30.3. The van der Waals surface area contributed by atoms with Crippen molar-refractivity contribution in [2.75, 3.05) is 4.90 Å². The van der Waals surface area contributed by atoms with Crippen LogP contribution in [0.25, 0.3) is 76.8 Å². The Morgan fingerprint density at radius 1 is 0.218 bits per heavy atom. The van der Waals surface area contributed by atoms with E-state index in [9.17, 15) is 0 Å². The van der Waals surface area contributed by atoms with Gasteiger partial charge in [0.15, 0.2) is 0 Å². The summed E-state index contributed by atoms with van der Waals surface area (Å²) >= 11 is 0. The van der Waals surface area contributed by atoms with Gasteiger partial charge in [0.1, 0.15) is 0 Å². The Kier molecular flexibility index (Phi) is 8.24. The third kappa shape index (κ3) is 6.12. The van der Waals surface area contributed by atoms with Gasteiger partial charge in [0.25, 0.3) is 0 Å². The summed E-state index contributed by atoms with van der Waals surface area (Å²) in [5, 5.41) is 7.54. The molecule has 1 nitrogen and oxygen atoms in total. The predicted molar refractivity (Wildman–Crippen MR) is 235 cm³/mol. The number of rotatable bonds is 7. The molecule has 0 atom stereocenters. The van der Waals surface area contributed by atoms with E-state index in [1.54, 1.807) is 0 Å². The lowest BCUT2D eigenvalue weighted by atomic mass is 9.93. The molecule has 258 valence electrons. The summed E-state index contributed by atoms with van der Waals surface area (Å²) in [5.74, 6) is 0. The lowest BCUT2D eigenvalue weighted by Gasteiger charge is -2.27. The van der Waals surface area contributed by atoms with E-state index >= 15 is 0 Å². The van der Waals surface area contributed by atoms with Crippen molar-refractivity contribution >= 4 is 49.4 Å². The molecule has 0 aliphatic heterocycles. The van der Waals surface area contributed by atoms with Crippen LogP contribution in [0.2, 0.25) is 0 Å². The molecule has 0 radical (unpaired) electrons. The fourth-order valence-corrected chi connectivity index (χ4v) is 8.15. The van der Waals surface area contributed by atoms with Crippen LogP contribution in [0.4, 0.5) is 17.1 Å². The molecule has 0 heterocycles. The topological polar surface area (TPSA) is 3.24 Å². The average Bonchev–Trinajstić information content (AvgIpc) is 3.27. The van der Waals surface area contributed by atoms with Crippen molar-refractivity contribution in [2.24, 2.45) is 0 Å². The fraction of sp³-hybridized carbons (Fsp3) is 0. The Labute approximate surface area is 322 Å². The molecule has 0 aromatic heterocycles. The number of benzene rings is 10. The number of fused-ring (bicyclic) bond motifs is 4. The quantitative estimate of drug-likeness (QED) is 0.150. The molecule has 0 N–H and O–H groups in total. The summed E-state index contributed by atoms with van der Waals surface area (Å²) in [7, 11) is 0. The van der Waals surface area contributed by atoms with Crippen molar-refractivity contribution in [1.82, 2.24) is 0 Å². The van der Waals surface area contributed by atoms with E-state index in [1.165, 1.54) is 76.8 Å². The van der Waals surface area contributed by atoms with E-state index < -0.39 is 0 Å². The zero-order valence-electron chi connectivity index (χ0n) is 30.3. The molecule has 10 aromatic rings. The second-order valence-corrected chi connectivity index (χ2v) is 14.1. The van der Waals surface area contributed by atoms with Crippen LogP contribution in [0.15, 0.2) is 224 Å². The molecule has 0 aliphatic rings. The second kappa shape index (κ2) is 14.0. The van der Waals surface area contributed by atoms with Crippen molar-refractivity contribution in [3.63, 3.8) is 0 Å². The highest BCUT2D eigenvalue weighted by atomic mass is 15.1. The van der Waals surface area contributed by atoms with E-state index in [4.69, 9.17) is 0 Å². The summed E-state index contributed by atoms with van der Waals surface area (Å²) in [6.45, 7) is 0. The Bertz CT molecular complexity index is 2970. The molecular weight excluding hydrogens is 663 g/mol. The van der Waals surface area contributed by atoms with Gasteiger partial charge in [-0.05, 0) is 125 Å². The summed E-state index contributed by atoms with van der Waals surface area (Å²) in [4.78, 5) is 2.39. The van der Waals surface area contributed by atoms with Gasteiger partial charge in [-0.25, -0.2) is 0 Å². The SMILES string of the molecule is c1ccc(-c2cccc(-c3ccc(N(c4cccc(-c5cccc6ccccc56)c4)c4cccc(-c5cc6ccccc6c6ccccc56)c4)cc3)c2)cc1. The third-order valence-corrected chi connectivity index (χ3v) is 10.8. The summed E-state index contributed by atoms with van der Waals surface area (Å²) < 4.78 is 0. The van der Waals surface area contributed by atoms with Gasteiger partial charge in [0.2, 0.25) is 0 Å². The highest BCUT2D eigenvalue weighted by molar-refractivity contribution is 6.14. The fourth-order valence-electron chi connectivity index (χ4n) is 8.15. The second-order valence-electron chi connectivity index (χ2n) is 14.1. The highest BCUT2D eigenvalue weighted by Crippen LogP contribution is 2.42. The minimum Gasteiger partial charge on any atom is -0.310 e. The first-order valence-corrected chi connectivity index (χ1v) is 18.9. The van der Waals surface area contributed by atoms with Crippen LogP contribution in [0, 0.1) is 0 Å². The highest BCUT2D eigenvalue weighted by Gasteiger charge is 2.17. The molecule has 0 saturated carbocycles. The lowest BCUT2D eigenvalue weighted by molar-refractivity contribution is 1.28. The maximum atomic E-state index is 2.39. The van der Waals surface area contributed by atoms with E-state index in [1.807, 2.05) is 0 Å². The van der Waals surface area contributed by atoms with E-state index in [2.05, 4.69) is 229 Å². The number of anilines is 3. The molecule has 0 unspecified atom stereocenters. The Hall–Kier alpha value is -7.22. The van der Waals surface area contributed by atoms with E-state index in [-0.39, 0.29) is 0 Å². The maximum Gasteiger partial charge on any atom is 0.0467 e.